The van der Waals surface area contributed by atoms with Crippen LogP contribution in [0.5, 0.6) is 0 Å². The summed E-state index contributed by atoms with van der Waals surface area (Å²) in [7, 11) is -3.50. The highest BCUT2D eigenvalue weighted by atomic mass is 32.2. The largest absolute Gasteiger partial charge is 0.362 e. The number of rotatable bonds is 6. The van der Waals surface area contributed by atoms with Crippen molar-refractivity contribution in [2.45, 2.75) is 43.0 Å². The first-order valence-corrected chi connectivity index (χ1v) is 11.0. The van der Waals surface area contributed by atoms with E-state index in [0.717, 1.165) is 32.1 Å². The highest BCUT2D eigenvalue weighted by Gasteiger charge is 2.35. The fraction of sp³-hybridized carbons (Fsp3) is 0.400. The predicted molar refractivity (Wildman–Crippen MR) is 106 cm³/mol. The van der Waals surface area contributed by atoms with E-state index in [0.29, 0.717) is 5.69 Å². The first-order valence-electron chi connectivity index (χ1n) is 9.13. The summed E-state index contributed by atoms with van der Waals surface area (Å²) in [4.78, 5) is 13.2. The van der Waals surface area contributed by atoms with E-state index in [4.69, 9.17) is 0 Å². The zero-order valence-electron chi connectivity index (χ0n) is 15.5. The molecule has 144 valence electrons. The normalized spacial score (nSPS) is 18.4. The minimum atomic E-state index is -3.50. The van der Waals surface area contributed by atoms with Crippen molar-refractivity contribution >= 4 is 21.2 Å². The molecule has 0 N–H and O–H groups in total. The van der Waals surface area contributed by atoms with Crippen molar-refractivity contribution in [2.75, 3.05) is 17.7 Å². The molecule has 0 aliphatic carbocycles. The minimum Gasteiger partial charge on any atom is -0.362 e. The SMILES string of the molecule is CC[C@@H](c1ccccc1)[C@@H]1CCCN1c1ccc(S(C)(=O)=O)cc1[N+](=O)[O-]. The van der Waals surface area contributed by atoms with Crippen molar-refractivity contribution in [3.05, 3.63) is 64.2 Å². The van der Waals surface area contributed by atoms with Gasteiger partial charge in [-0.2, -0.15) is 0 Å². The van der Waals surface area contributed by atoms with Gasteiger partial charge >= 0.3 is 0 Å². The number of hydrogen-bond donors (Lipinski definition) is 0. The standard InChI is InChI=1S/C20H24N2O4S/c1-3-17(15-8-5-4-6-9-15)18-10-7-13-21(18)19-12-11-16(27(2,25)26)14-20(19)22(23)24/h4-6,8-9,11-12,14,17-18H,3,7,10,13H2,1-2H3/t17-,18-/m0/s1. The van der Waals surface area contributed by atoms with Crippen LogP contribution in [0.4, 0.5) is 11.4 Å². The second-order valence-corrected chi connectivity index (χ2v) is 9.02. The zero-order valence-corrected chi connectivity index (χ0v) is 16.4. The lowest BCUT2D eigenvalue weighted by atomic mass is 9.87. The van der Waals surface area contributed by atoms with E-state index in [2.05, 4.69) is 24.0 Å². The average molecular weight is 388 g/mol. The quantitative estimate of drug-likeness (QED) is 0.548. The van der Waals surface area contributed by atoms with Gasteiger partial charge in [-0.1, -0.05) is 37.3 Å². The van der Waals surface area contributed by atoms with Gasteiger partial charge in [-0.15, -0.1) is 0 Å². The highest BCUT2D eigenvalue weighted by Crippen LogP contribution is 2.40. The molecular formula is C20H24N2O4S. The maximum atomic E-state index is 11.8. The Morgan fingerprint density at radius 2 is 1.93 bits per heavy atom. The Bertz CT molecular complexity index is 928. The molecule has 0 bridgehead atoms. The van der Waals surface area contributed by atoms with E-state index in [-0.39, 0.29) is 22.5 Å². The molecule has 0 saturated carbocycles. The van der Waals surface area contributed by atoms with Crippen molar-refractivity contribution in [3.63, 3.8) is 0 Å². The molecule has 2 aromatic carbocycles. The minimum absolute atomic E-state index is 0.0243. The van der Waals surface area contributed by atoms with Gasteiger partial charge in [0.1, 0.15) is 5.69 Å². The molecule has 0 unspecified atom stereocenters. The number of anilines is 1. The molecule has 7 heteroatoms. The fourth-order valence-corrected chi connectivity index (χ4v) is 4.70. The number of benzene rings is 2. The Labute approximate surface area is 159 Å². The maximum absolute atomic E-state index is 11.8. The lowest BCUT2D eigenvalue weighted by Gasteiger charge is -2.33. The predicted octanol–water partition coefficient (Wildman–Crippen LogP) is 4.16. The third-order valence-corrected chi connectivity index (χ3v) is 6.42. The second-order valence-electron chi connectivity index (χ2n) is 7.01. The van der Waals surface area contributed by atoms with Crippen LogP contribution in [-0.4, -0.2) is 32.2 Å². The molecule has 2 aromatic rings. The van der Waals surface area contributed by atoms with Crippen molar-refractivity contribution in [1.82, 2.24) is 0 Å². The zero-order chi connectivity index (χ0) is 19.6. The summed E-state index contributed by atoms with van der Waals surface area (Å²) in [6.45, 7) is 2.86. The van der Waals surface area contributed by atoms with Gasteiger partial charge in [0.15, 0.2) is 9.84 Å². The summed E-state index contributed by atoms with van der Waals surface area (Å²) in [5.41, 5.74) is 1.59. The molecule has 6 nitrogen and oxygen atoms in total. The lowest BCUT2D eigenvalue weighted by molar-refractivity contribution is -0.384. The van der Waals surface area contributed by atoms with Gasteiger partial charge in [0.25, 0.3) is 5.69 Å². The molecule has 1 heterocycles. The summed E-state index contributed by atoms with van der Waals surface area (Å²) < 4.78 is 23.6. The Balaban J connectivity index is 2.03. The second kappa shape index (κ2) is 7.68. The molecule has 0 radical (unpaired) electrons. The number of hydrogen-bond acceptors (Lipinski definition) is 5. The van der Waals surface area contributed by atoms with Crippen molar-refractivity contribution in [1.29, 1.82) is 0 Å². The topological polar surface area (TPSA) is 80.5 Å². The van der Waals surface area contributed by atoms with E-state index >= 15 is 0 Å². The van der Waals surface area contributed by atoms with E-state index < -0.39 is 14.8 Å². The van der Waals surface area contributed by atoms with Crippen LogP contribution >= 0.6 is 0 Å². The van der Waals surface area contributed by atoms with Crippen LogP contribution in [0.1, 0.15) is 37.7 Å². The number of sulfone groups is 1. The lowest BCUT2D eigenvalue weighted by Crippen LogP contribution is -2.34. The molecule has 2 atom stereocenters. The van der Waals surface area contributed by atoms with Crippen LogP contribution in [0.25, 0.3) is 0 Å². The molecule has 27 heavy (non-hydrogen) atoms. The van der Waals surface area contributed by atoms with E-state index in [1.807, 2.05) is 18.2 Å². The summed E-state index contributed by atoms with van der Waals surface area (Å²) in [6.07, 6.45) is 3.91. The van der Waals surface area contributed by atoms with Gasteiger partial charge in [-0.05, 0) is 37.0 Å². The Morgan fingerprint density at radius 3 is 2.52 bits per heavy atom. The van der Waals surface area contributed by atoms with Crippen LogP contribution in [-0.2, 0) is 9.84 Å². The van der Waals surface area contributed by atoms with Crippen molar-refractivity contribution < 1.29 is 13.3 Å². The molecule has 1 saturated heterocycles. The number of nitro groups is 1. The summed E-state index contributed by atoms with van der Waals surface area (Å²) in [5, 5.41) is 11.7. The first-order chi connectivity index (χ1) is 12.8. The van der Waals surface area contributed by atoms with E-state index in [1.165, 1.54) is 17.7 Å². The number of nitro benzene ring substituents is 1. The molecule has 1 aliphatic rings. The van der Waals surface area contributed by atoms with E-state index in [1.54, 1.807) is 6.07 Å². The van der Waals surface area contributed by atoms with Gasteiger partial charge in [-0.3, -0.25) is 10.1 Å². The van der Waals surface area contributed by atoms with Gasteiger partial charge in [0, 0.05) is 30.8 Å². The highest BCUT2D eigenvalue weighted by molar-refractivity contribution is 7.90. The third-order valence-electron chi connectivity index (χ3n) is 5.31. The summed E-state index contributed by atoms with van der Waals surface area (Å²) in [6, 6.07) is 14.6. The van der Waals surface area contributed by atoms with Gasteiger partial charge in [0.2, 0.25) is 0 Å². The Morgan fingerprint density at radius 1 is 1.22 bits per heavy atom. The van der Waals surface area contributed by atoms with Gasteiger partial charge in [0.05, 0.1) is 9.82 Å². The van der Waals surface area contributed by atoms with Crippen molar-refractivity contribution in [3.8, 4) is 0 Å². The summed E-state index contributed by atoms with van der Waals surface area (Å²) >= 11 is 0. The monoisotopic (exact) mass is 388 g/mol. The Hall–Kier alpha value is -2.41. The van der Waals surface area contributed by atoms with Crippen molar-refractivity contribution in [2.24, 2.45) is 0 Å². The maximum Gasteiger partial charge on any atom is 0.293 e. The molecule has 1 fully saturated rings. The smallest absolute Gasteiger partial charge is 0.293 e. The molecule has 1 aliphatic heterocycles. The molecule has 0 aromatic heterocycles. The number of nitrogens with zero attached hydrogens (tertiary/aromatic N) is 2. The van der Waals surface area contributed by atoms with Crippen LogP contribution in [0.3, 0.4) is 0 Å². The van der Waals surface area contributed by atoms with Crippen LogP contribution < -0.4 is 4.90 Å². The average Bonchev–Trinajstić information content (AvgIpc) is 3.11. The molecule has 0 amide bonds. The molecule has 0 spiro atoms. The van der Waals surface area contributed by atoms with Gasteiger partial charge < -0.3 is 4.90 Å². The molecular weight excluding hydrogens is 364 g/mol. The molecule has 3 rings (SSSR count). The Kier molecular flexibility index (Phi) is 5.51. The first kappa shape index (κ1) is 19.4. The van der Waals surface area contributed by atoms with Crippen LogP contribution in [0.2, 0.25) is 0 Å². The third kappa shape index (κ3) is 3.98. The summed E-state index contributed by atoms with van der Waals surface area (Å²) in [5.74, 6) is 0.267. The fourth-order valence-electron chi connectivity index (χ4n) is 4.06. The van der Waals surface area contributed by atoms with Gasteiger partial charge in [-0.25, -0.2) is 8.42 Å². The van der Waals surface area contributed by atoms with Crippen LogP contribution in [0.15, 0.2) is 53.4 Å². The van der Waals surface area contributed by atoms with Crippen LogP contribution in [0, 0.1) is 10.1 Å². The van der Waals surface area contributed by atoms with E-state index in [9.17, 15) is 18.5 Å².